The number of isothiocyanates is 1. The number of aliphatic carboxylic acids is 1. The summed E-state index contributed by atoms with van der Waals surface area (Å²) in [5, 5.41) is 12.0. The van der Waals surface area contributed by atoms with Crippen LogP contribution < -0.4 is 0 Å². The number of aliphatic imine (C=N–C) groups is 1. The second kappa shape index (κ2) is 11.2. The number of fused-ring (bicyclic) bond motifs is 2. The molecule has 1 aromatic carbocycles. The summed E-state index contributed by atoms with van der Waals surface area (Å²) in [5.41, 5.74) is 3.79. The lowest BCUT2D eigenvalue weighted by Crippen LogP contribution is -2.47. The molecule has 2 aromatic rings. The van der Waals surface area contributed by atoms with E-state index in [0.29, 0.717) is 6.54 Å². The van der Waals surface area contributed by atoms with Crippen molar-refractivity contribution >= 4 is 29.0 Å². The average Bonchev–Trinajstić information content (AvgIpc) is 2.72. The number of hydrogen-bond donors (Lipinski definition) is 1. The molecule has 3 rings (SSSR count). The van der Waals surface area contributed by atoms with Gasteiger partial charge < -0.3 is 10.0 Å². The van der Waals surface area contributed by atoms with Crippen molar-refractivity contribution in [2.24, 2.45) is 4.99 Å². The molecule has 1 aliphatic heterocycles. The Labute approximate surface area is 189 Å². The van der Waals surface area contributed by atoms with E-state index in [1.54, 1.807) is 0 Å². The summed E-state index contributed by atoms with van der Waals surface area (Å²) in [6.07, 6.45) is 0.731. The zero-order chi connectivity index (χ0) is 22.2. The number of carboxylic acids is 1. The molecule has 0 saturated carbocycles. The summed E-state index contributed by atoms with van der Waals surface area (Å²) < 4.78 is 0. The molecular formula is C23H29N5O2S. The van der Waals surface area contributed by atoms with Crippen molar-refractivity contribution in [3.05, 3.63) is 59.4 Å². The highest BCUT2D eigenvalue weighted by Gasteiger charge is 2.24. The number of benzene rings is 1. The molecule has 0 radical (unpaired) electrons. The van der Waals surface area contributed by atoms with Crippen LogP contribution in [0.25, 0.3) is 0 Å². The van der Waals surface area contributed by atoms with E-state index in [-0.39, 0.29) is 12.6 Å². The number of carbonyl (C=O) groups is 1. The Hall–Kier alpha value is -2.48. The summed E-state index contributed by atoms with van der Waals surface area (Å²) in [4.78, 5) is 27.1. The molecule has 31 heavy (non-hydrogen) atoms. The van der Waals surface area contributed by atoms with Gasteiger partial charge in [0, 0.05) is 38.8 Å². The maximum Gasteiger partial charge on any atom is 0.317 e. The Morgan fingerprint density at radius 1 is 1.13 bits per heavy atom. The standard InChI is InChI=1S/C23H29N5O2S/c1-26-10-11-27(2)15-22(12-18-6-8-19(9-7-18)24-17-31)28(16-23(29)30)14-21-5-3-4-20(13-26)25-21/h3-9,22H,10-16H2,1-2H3,(H,29,30)/t22-/m0/s1. The highest BCUT2D eigenvalue weighted by Crippen LogP contribution is 2.18. The monoisotopic (exact) mass is 439 g/mol. The molecule has 0 aliphatic carbocycles. The molecule has 0 spiro atoms. The van der Waals surface area contributed by atoms with E-state index >= 15 is 0 Å². The SMILES string of the molecule is CN1CCN(C)C[C@H](Cc2ccc(N=C=S)cc2)N(CC(=O)O)Cc2cccc(n2)C1. The molecule has 7 nitrogen and oxygen atoms in total. The number of hydrogen-bond acceptors (Lipinski definition) is 7. The predicted molar refractivity (Wildman–Crippen MR) is 125 cm³/mol. The number of pyridine rings is 1. The smallest absolute Gasteiger partial charge is 0.317 e. The molecule has 1 aromatic heterocycles. The third-order valence-electron chi connectivity index (χ3n) is 5.48. The fourth-order valence-electron chi connectivity index (χ4n) is 3.89. The zero-order valence-corrected chi connectivity index (χ0v) is 18.9. The van der Waals surface area contributed by atoms with Crippen molar-refractivity contribution in [2.45, 2.75) is 25.6 Å². The summed E-state index contributed by atoms with van der Waals surface area (Å²) in [6, 6.07) is 13.9. The van der Waals surface area contributed by atoms with Crippen LogP contribution in [0.3, 0.4) is 0 Å². The third kappa shape index (κ3) is 7.31. The Balaban J connectivity index is 1.90. The molecule has 1 N–H and O–H groups in total. The third-order valence-corrected chi connectivity index (χ3v) is 5.58. The largest absolute Gasteiger partial charge is 0.480 e. The predicted octanol–water partition coefficient (Wildman–Crippen LogP) is 2.69. The second-order valence-electron chi connectivity index (χ2n) is 8.15. The van der Waals surface area contributed by atoms with Crippen LogP contribution in [0.4, 0.5) is 5.69 Å². The maximum absolute atomic E-state index is 11.7. The van der Waals surface area contributed by atoms with Crippen LogP contribution in [0.1, 0.15) is 17.0 Å². The fraction of sp³-hybridized carbons (Fsp3) is 0.435. The van der Waals surface area contributed by atoms with E-state index in [1.807, 2.05) is 47.4 Å². The lowest BCUT2D eigenvalue weighted by atomic mass is 10.0. The van der Waals surface area contributed by atoms with Gasteiger partial charge in [0.05, 0.1) is 28.8 Å². The van der Waals surface area contributed by atoms with Crippen LogP contribution in [-0.2, 0) is 24.3 Å². The quantitative estimate of drug-likeness (QED) is 0.567. The molecular weight excluding hydrogens is 410 g/mol. The van der Waals surface area contributed by atoms with Crippen LogP contribution in [0.2, 0.25) is 0 Å². The Bertz CT molecular complexity index is 930. The lowest BCUT2D eigenvalue weighted by Gasteiger charge is -2.34. The van der Waals surface area contributed by atoms with Crippen LogP contribution in [-0.4, -0.2) is 82.2 Å². The van der Waals surface area contributed by atoms with Gasteiger partial charge in [0.1, 0.15) is 0 Å². The number of nitrogens with zero attached hydrogens (tertiary/aromatic N) is 5. The molecule has 2 heterocycles. The lowest BCUT2D eigenvalue weighted by molar-refractivity contribution is -0.139. The normalized spacial score (nSPS) is 19.1. The number of likely N-dealkylation sites (N-methyl/N-ethyl adjacent to an activating group) is 2. The van der Waals surface area contributed by atoms with Crippen molar-refractivity contribution in [3.63, 3.8) is 0 Å². The van der Waals surface area contributed by atoms with Crippen molar-refractivity contribution in [1.82, 2.24) is 19.7 Å². The maximum atomic E-state index is 11.7. The Morgan fingerprint density at radius 3 is 2.48 bits per heavy atom. The van der Waals surface area contributed by atoms with Gasteiger partial charge in [-0.25, -0.2) is 0 Å². The Morgan fingerprint density at radius 2 is 1.81 bits per heavy atom. The summed E-state index contributed by atoms with van der Waals surface area (Å²) >= 11 is 4.67. The molecule has 0 saturated heterocycles. The van der Waals surface area contributed by atoms with E-state index in [4.69, 9.17) is 4.98 Å². The van der Waals surface area contributed by atoms with E-state index in [9.17, 15) is 9.90 Å². The Kier molecular flexibility index (Phi) is 8.40. The first-order valence-electron chi connectivity index (χ1n) is 10.4. The summed E-state index contributed by atoms with van der Waals surface area (Å²) in [5.74, 6) is -0.832. The molecule has 0 amide bonds. The molecule has 1 aliphatic rings. The number of aromatic nitrogens is 1. The van der Waals surface area contributed by atoms with Crippen molar-refractivity contribution < 1.29 is 9.90 Å². The summed E-state index contributed by atoms with van der Waals surface area (Å²) in [7, 11) is 4.20. The van der Waals surface area contributed by atoms with E-state index in [2.05, 4.69) is 46.3 Å². The first kappa shape index (κ1) is 23.2. The number of carboxylic acid groups (broad SMARTS) is 1. The van der Waals surface area contributed by atoms with Crippen molar-refractivity contribution in [2.75, 3.05) is 40.3 Å². The van der Waals surface area contributed by atoms with E-state index < -0.39 is 5.97 Å². The highest BCUT2D eigenvalue weighted by molar-refractivity contribution is 7.78. The van der Waals surface area contributed by atoms with Crippen LogP contribution in [0.5, 0.6) is 0 Å². The van der Waals surface area contributed by atoms with Gasteiger partial charge in [-0.1, -0.05) is 18.2 Å². The van der Waals surface area contributed by atoms with Crippen LogP contribution in [0, 0.1) is 0 Å². The van der Waals surface area contributed by atoms with E-state index in [1.165, 1.54) is 0 Å². The molecule has 1 atom stereocenters. The minimum Gasteiger partial charge on any atom is -0.480 e. The van der Waals surface area contributed by atoms with Gasteiger partial charge in [0.15, 0.2) is 0 Å². The molecule has 2 bridgehead atoms. The van der Waals surface area contributed by atoms with Crippen LogP contribution in [0.15, 0.2) is 47.5 Å². The topological polar surface area (TPSA) is 72.3 Å². The van der Waals surface area contributed by atoms with Gasteiger partial charge in [-0.05, 0) is 62.6 Å². The first-order valence-corrected chi connectivity index (χ1v) is 10.8. The first-order chi connectivity index (χ1) is 14.9. The molecule has 8 heteroatoms. The van der Waals surface area contributed by atoms with Gasteiger partial charge in [-0.2, -0.15) is 4.99 Å². The minimum absolute atomic E-state index is 0.0242. The minimum atomic E-state index is -0.832. The van der Waals surface area contributed by atoms with Gasteiger partial charge in [-0.3, -0.25) is 19.6 Å². The fourth-order valence-corrected chi connectivity index (χ4v) is 4.00. The second-order valence-corrected chi connectivity index (χ2v) is 8.33. The van der Waals surface area contributed by atoms with Crippen molar-refractivity contribution in [3.8, 4) is 0 Å². The van der Waals surface area contributed by atoms with Gasteiger partial charge >= 0.3 is 5.97 Å². The number of thiocarbonyl (C=S) groups is 1. The van der Waals surface area contributed by atoms with Gasteiger partial charge in [0.2, 0.25) is 0 Å². The number of rotatable bonds is 5. The van der Waals surface area contributed by atoms with Gasteiger partial charge in [0.25, 0.3) is 0 Å². The van der Waals surface area contributed by atoms with Crippen molar-refractivity contribution in [1.29, 1.82) is 0 Å². The highest BCUT2D eigenvalue weighted by atomic mass is 32.1. The molecule has 164 valence electrons. The van der Waals surface area contributed by atoms with Gasteiger partial charge in [-0.15, -0.1) is 0 Å². The molecule has 0 fully saturated rings. The zero-order valence-electron chi connectivity index (χ0n) is 18.1. The average molecular weight is 440 g/mol. The van der Waals surface area contributed by atoms with E-state index in [0.717, 1.165) is 55.2 Å². The molecule has 0 unspecified atom stereocenters. The van der Waals surface area contributed by atoms with Crippen LogP contribution >= 0.6 is 12.2 Å². The summed E-state index contributed by atoms with van der Waals surface area (Å²) in [6.45, 7) is 3.82.